The van der Waals surface area contributed by atoms with Crippen molar-refractivity contribution in [2.24, 2.45) is 35.0 Å². The number of rotatable bonds is 4. The summed E-state index contributed by atoms with van der Waals surface area (Å²) in [6.45, 7) is 8.56. The smallest absolute Gasteiger partial charge is 0.263 e. The molecule has 1 saturated heterocycles. The second kappa shape index (κ2) is 7.15. The molecule has 4 heteroatoms. The number of carbonyl (C=O) groups excluding carboxylic acids is 1. The number of piperidine rings is 1. The van der Waals surface area contributed by atoms with E-state index in [0.717, 1.165) is 30.8 Å². The number of hydrogen-bond acceptors (Lipinski definition) is 3. The molecule has 4 nitrogen and oxygen atoms in total. The third kappa shape index (κ3) is 3.75. The van der Waals surface area contributed by atoms with E-state index in [-0.39, 0.29) is 22.9 Å². The first-order valence-corrected chi connectivity index (χ1v) is 11.0. The van der Waals surface area contributed by atoms with E-state index in [1.165, 1.54) is 44.9 Å². The van der Waals surface area contributed by atoms with Crippen LogP contribution >= 0.6 is 0 Å². The Morgan fingerprint density at radius 3 is 2.07 bits per heavy atom. The first-order valence-electron chi connectivity index (χ1n) is 11.0. The predicted molar refractivity (Wildman–Crippen MR) is 106 cm³/mol. The number of likely N-dealkylation sites (tertiary alicyclic amines) is 1. The number of nitrogens with one attached hydrogen (secondary N) is 1. The summed E-state index contributed by atoms with van der Waals surface area (Å²) in [6, 6.07) is 2.33. The first kappa shape index (κ1) is 18.8. The van der Waals surface area contributed by atoms with Gasteiger partial charge < -0.3 is 10.2 Å². The van der Waals surface area contributed by atoms with Gasteiger partial charge in [-0.25, -0.2) is 0 Å². The van der Waals surface area contributed by atoms with Gasteiger partial charge in [0.2, 0.25) is 0 Å². The summed E-state index contributed by atoms with van der Waals surface area (Å²) in [5.74, 6) is 3.67. The van der Waals surface area contributed by atoms with Gasteiger partial charge in [-0.3, -0.25) is 4.79 Å². The van der Waals surface area contributed by atoms with Crippen LogP contribution in [0.5, 0.6) is 0 Å². The summed E-state index contributed by atoms with van der Waals surface area (Å²) in [7, 11) is 0. The highest BCUT2D eigenvalue weighted by molar-refractivity contribution is 5.97. The van der Waals surface area contributed by atoms with Crippen molar-refractivity contribution in [3.63, 3.8) is 0 Å². The molecule has 3 atom stereocenters. The molecule has 5 rings (SSSR count). The fraction of sp³-hybridized carbons (Fsp3) is 0.826. The van der Waals surface area contributed by atoms with Crippen LogP contribution < -0.4 is 5.32 Å². The fourth-order valence-electron chi connectivity index (χ4n) is 7.27. The third-order valence-corrected chi connectivity index (χ3v) is 7.93. The van der Waals surface area contributed by atoms with Crippen LogP contribution in [0, 0.1) is 46.3 Å². The molecule has 4 aliphatic carbocycles. The van der Waals surface area contributed by atoms with Crippen molar-refractivity contribution in [3.05, 3.63) is 11.8 Å². The van der Waals surface area contributed by atoms with E-state index in [4.69, 9.17) is 0 Å². The highest BCUT2D eigenvalue weighted by atomic mass is 16.1. The number of nitrogens with zero attached hydrogens (tertiary/aromatic N) is 2. The Kier molecular flexibility index (Phi) is 4.99. The van der Waals surface area contributed by atoms with Crippen molar-refractivity contribution in [2.45, 2.75) is 71.8 Å². The zero-order valence-electron chi connectivity index (χ0n) is 17.2. The minimum absolute atomic E-state index is 0.161. The summed E-state index contributed by atoms with van der Waals surface area (Å²) >= 11 is 0. The Morgan fingerprint density at radius 2 is 1.59 bits per heavy atom. The van der Waals surface area contributed by atoms with Gasteiger partial charge in [-0.2, -0.15) is 5.26 Å². The van der Waals surface area contributed by atoms with E-state index in [1.54, 1.807) is 0 Å². The highest BCUT2D eigenvalue weighted by Gasteiger charge is 2.53. The lowest BCUT2D eigenvalue weighted by molar-refractivity contribution is -0.122. The molecule has 5 aliphatic rings. The van der Waals surface area contributed by atoms with Gasteiger partial charge in [0.15, 0.2) is 0 Å². The van der Waals surface area contributed by atoms with Gasteiger partial charge in [-0.1, -0.05) is 13.8 Å². The molecule has 4 bridgehead atoms. The molecule has 3 unspecified atom stereocenters. The molecule has 27 heavy (non-hydrogen) atoms. The van der Waals surface area contributed by atoms with Crippen LogP contribution in [0.4, 0.5) is 0 Å². The zero-order chi connectivity index (χ0) is 19.2. The monoisotopic (exact) mass is 369 g/mol. The van der Waals surface area contributed by atoms with Gasteiger partial charge >= 0.3 is 0 Å². The minimum Gasteiger partial charge on any atom is -0.376 e. The molecule has 1 N–H and O–H groups in total. The van der Waals surface area contributed by atoms with E-state index < -0.39 is 0 Å². The van der Waals surface area contributed by atoms with Crippen LogP contribution in [0.1, 0.15) is 65.7 Å². The summed E-state index contributed by atoms with van der Waals surface area (Å²) in [5, 5.41) is 12.8. The van der Waals surface area contributed by atoms with Gasteiger partial charge in [-0.05, 0) is 86.9 Å². The molecule has 4 saturated carbocycles. The molecular formula is C23H35N3O. The predicted octanol–water partition coefficient (Wildman–Crippen LogP) is 4.09. The van der Waals surface area contributed by atoms with E-state index in [9.17, 15) is 10.1 Å². The lowest BCUT2D eigenvalue weighted by atomic mass is 9.48. The Labute approximate surface area is 164 Å². The maximum absolute atomic E-state index is 12.9. The van der Waals surface area contributed by atoms with Crippen LogP contribution in [-0.2, 0) is 4.79 Å². The topological polar surface area (TPSA) is 56.1 Å². The van der Waals surface area contributed by atoms with Crippen LogP contribution in [0.2, 0.25) is 0 Å². The summed E-state index contributed by atoms with van der Waals surface area (Å²) in [5.41, 5.74) is 0.548. The SMILES string of the molecule is CC1CC(C)CN(/C=C(/C#N)C(=O)NC(C)C23CC4CC(CC(C4)C2)C3)C1. The highest BCUT2D eigenvalue weighted by Crippen LogP contribution is 2.61. The second-order valence-corrected chi connectivity index (χ2v) is 10.5. The average molecular weight is 370 g/mol. The molecule has 1 heterocycles. The van der Waals surface area contributed by atoms with Crippen LogP contribution in [-0.4, -0.2) is 29.9 Å². The first-order chi connectivity index (χ1) is 12.9. The van der Waals surface area contributed by atoms with Crippen molar-refractivity contribution >= 4 is 5.91 Å². The maximum atomic E-state index is 12.9. The largest absolute Gasteiger partial charge is 0.376 e. The Morgan fingerprint density at radius 1 is 1.07 bits per heavy atom. The molecule has 5 fully saturated rings. The van der Waals surface area contributed by atoms with Crippen molar-refractivity contribution in [1.29, 1.82) is 5.26 Å². The number of hydrogen-bond donors (Lipinski definition) is 1. The third-order valence-electron chi connectivity index (χ3n) is 7.93. The van der Waals surface area contributed by atoms with Gasteiger partial charge in [0.25, 0.3) is 5.91 Å². The Hall–Kier alpha value is -1.50. The quantitative estimate of drug-likeness (QED) is 0.600. The Balaban J connectivity index is 1.43. The normalized spacial score (nSPS) is 41.9. The molecule has 0 aromatic carbocycles. The number of nitriles is 1. The van der Waals surface area contributed by atoms with Crippen LogP contribution in [0.3, 0.4) is 0 Å². The van der Waals surface area contributed by atoms with Gasteiger partial charge in [0, 0.05) is 25.3 Å². The average Bonchev–Trinajstić information content (AvgIpc) is 2.57. The number of carbonyl (C=O) groups is 1. The lowest BCUT2D eigenvalue weighted by Crippen LogP contribution is -2.56. The second-order valence-electron chi connectivity index (χ2n) is 10.5. The van der Waals surface area contributed by atoms with Crippen molar-refractivity contribution in [3.8, 4) is 6.07 Å². The molecule has 0 spiro atoms. The van der Waals surface area contributed by atoms with Crippen LogP contribution in [0.15, 0.2) is 11.8 Å². The van der Waals surface area contributed by atoms with Crippen LogP contribution in [0.25, 0.3) is 0 Å². The van der Waals surface area contributed by atoms with Gasteiger partial charge in [0.1, 0.15) is 11.6 Å². The lowest BCUT2D eigenvalue weighted by Gasteiger charge is -2.59. The van der Waals surface area contributed by atoms with Crippen molar-refractivity contribution in [2.75, 3.05) is 13.1 Å². The molecule has 148 valence electrons. The zero-order valence-corrected chi connectivity index (χ0v) is 17.2. The fourth-order valence-corrected chi connectivity index (χ4v) is 7.27. The standard InChI is InChI=1S/C23H35N3O/c1-15-4-16(2)13-26(12-15)14-21(11-24)22(27)25-17(3)23-8-18-5-19(9-23)7-20(6-18)10-23/h14-20H,4-10,12-13H2,1-3H3,(H,25,27)/b21-14-. The molecule has 0 aromatic rings. The molecular weight excluding hydrogens is 334 g/mol. The van der Waals surface area contributed by atoms with Crippen molar-refractivity contribution < 1.29 is 4.79 Å². The molecule has 0 aromatic heterocycles. The van der Waals surface area contributed by atoms with Crippen molar-refractivity contribution in [1.82, 2.24) is 10.2 Å². The summed E-state index contributed by atoms with van der Waals surface area (Å²) < 4.78 is 0. The number of amides is 1. The molecule has 1 amide bonds. The van der Waals surface area contributed by atoms with E-state index in [0.29, 0.717) is 11.8 Å². The van der Waals surface area contributed by atoms with Gasteiger partial charge in [-0.15, -0.1) is 0 Å². The summed E-state index contributed by atoms with van der Waals surface area (Å²) in [4.78, 5) is 15.1. The Bertz CT molecular complexity index is 616. The minimum atomic E-state index is -0.174. The maximum Gasteiger partial charge on any atom is 0.263 e. The van der Waals surface area contributed by atoms with E-state index >= 15 is 0 Å². The molecule has 0 radical (unpaired) electrons. The summed E-state index contributed by atoms with van der Waals surface area (Å²) in [6.07, 6.45) is 11.1. The van der Waals surface area contributed by atoms with Gasteiger partial charge in [0.05, 0.1) is 0 Å². The molecule has 1 aliphatic heterocycles. The van der Waals surface area contributed by atoms with E-state index in [1.807, 2.05) is 6.20 Å². The van der Waals surface area contributed by atoms with E-state index in [2.05, 4.69) is 37.1 Å².